The van der Waals surface area contributed by atoms with Crippen LogP contribution in [0.3, 0.4) is 0 Å². The molecule has 1 saturated heterocycles. The van der Waals surface area contributed by atoms with Crippen LogP contribution in [0.4, 0.5) is 0 Å². The van der Waals surface area contributed by atoms with Crippen molar-refractivity contribution in [1.82, 2.24) is 9.80 Å². The molecule has 0 N–H and O–H groups in total. The molecule has 0 radical (unpaired) electrons. The zero-order chi connectivity index (χ0) is 17.6. The van der Waals surface area contributed by atoms with Crippen molar-refractivity contribution in [2.75, 3.05) is 27.2 Å². The molecule has 2 aromatic carbocycles. The standard InChI is InChI=1S/C22H28N2O/c1-23(2)22(25)21-10-8-20(9-11-21)17-24-14-12-19(13-15-24)16-18-6-4-3-5-7-18/h3-11,19H,12-17H2,1-2H3. The average molecular weight is 336 g/mol. The number of carbonyl (C=O) groups excluding carboxylic acids is 1. The Morgan fingerprint density at radius 3 is 2.20 bits per heavy atom. The molecule has 132 valence electrons. The van der Waals surface area contributed by atoms with E-state index in [2.05, 4.69) is 47.4 Å². The van der Waals surface area contributed by atoms with E-state index >= 15 is 0 Å². The van der Waals surface area contributed by atoms with Gasteiger partial charge in [-0.1, -0.05) is 42.5 Å². The van der Waals surface area contributed by atoms with Crippen LogP contribution < -0.4 is 0 Å². The summed E-state index contributed by atoms with van der Waals surface area (Å²) in [4.78, 5) is 16.1. The lowest BCUT2D eigenvalue weighted by atomic mass is 9.90. The minimum absolute atomic E-state index is 0.0632. The molecule has 0 bridgehead atoms. The molecule has 1 fully saturated rings. The lowest BCUT2D eigenvalue weighted by molar-refractivity contribution is 0.0827. The molecule has 0 spiro atoms. The Bertz CT molecular complexity index is 671. The first-order valence-corrected chi connectivity index (χ1v) is 9.18. The van der Waals surface area contributed by atoms with Gasteiger partial charge in [0.15, 0.2) is 0 Å². The van der Waals surface area contributed by atoms with Gasteiger partial charge in [-0.3, -0.25) is 9.69 Å². The van der Waals surface area contributed by atoms with Crippen LogP contribution in [0.15, 0.2) is 54.6 Å². The molecule has 1 aliphatic heterocycles. The van der Waals surface area contributed by atoms with Gasteiger partial charge in [-0.2, -0.15) is 0 Å². The number of likely N-dealkylation sites (tertiary alicyclic amines) is 1. The second-order valence-corrected chi connectivity index (χ2v) is 7.31. The smallest absolute Gasteiger partial charge is 0.253 e. The predicted octanol–water partition coefficient (Wildman–Crippen LogP) is 3.84. The zero-order valence-electron chi connectivity index (χ0n) is 15.3. The quantitative estimate of drug-likeness (QED) is 0.828. The Balaban J connectivity index is 1.48. The summed E-state index contributed by atoms with van der Waals surface area (Å²) in [5.74, 6) is 0.868. The van der Waals surface area contributed by atoms with Gasteiger partial charge in [0, 0.05) is 26.2 Å². The van der Waals surface area contributed by atoms with Crippen LogP contribution in [0.2, 0.25) is 0 Å². The molecule has 25 heavy (non-hydrogen) atoms. The fourth-order valence-corrected chi connectivity index (χ4v) is 3.57. The molecular weight excluding hydrogens is 308 g/mol. The number of hydrogen-bond donors (Lipinski definition) is 0. The Morgan fingerprint density at radius 2 is 1.60 bits per heavy atom. The van der Waals surface area contributed by atoms with Gasteiger partial charge in [-0.05, 0) is 61.5 Å². The largest absolute Gasteiger partial charge is 0.345 e. The second kappa shape index (κ2) is 8.30. The van der Waals surface area contributed by atoms with Gasteiger partial charge in [0.05, 0.1) is 0 Å². The number of nitrogens with zero attached hydrogens (tertiary/aromatic N) is 2. The summed E-state index contributed by atoms with van der Waals surface area (Å²) in [6.07, 6.45) is 3.74. The first-order chi connectivity index (χ1) is 12.1. The zero-order valence-corrected chi connectivity index (χ0v) is 15.3. The van der Waals surface area contributed by atoms with Gasteiger partial charge < -0.3 is 4.90 Å². The number of benzene rings is 2. The molecule has 3 nitrogen and oxygen atoms in total. The van der Waals surface area contributed by atoms with Crippen molar-refractivity contribution >= 4 is 5.91 Å². The van der Waals surface area contributed by atoms with Crippen LogP contribution in [-0.4, -0.2) is 42.9 Å². The average Bonchev–Trinajstić information content (AvgIpc) is 2.64. The van der Waals surface area contributed by atoms with Crippen LogP contribution in [0, 0.1) is 5.92 Å². The summed E-state index contributed by atoms with van der Waals surface area (Å²) in [7, 11) is 3.58. The Morgan fingerprint density at radius 1 is 0.960 bits per heavy atom. The number of rotatable bonds is 5. The first-order valence-electron chi connectivity index (χ1n) is 9.18. The third-order valence-corrected chi connectivity index (χ3v) is 5.09. The van der Waals surface area contributed by atoms with Gasteiger partial charge in [0.25, 0.3) is 5.91 Å². The SMILES string of the molecule is CN(C)C(=O)c1ccc(CN2CCC(Cc3ccccc3)CC2)cc1. The number of piperidine rings is 1. The van der Waals surface area contributed by atoms with Crippen molar-refractivity contribution in [1.29, 1.82) is 0 Å². The Kier molecular flexibility index (Phi) is 5.87. The third-order valence-electron chi connectivity index (χ3n) is 5.09. The van der Waals surface area contributed by atoms with Crippen LogP contribution in [0.25, 0.3) is 0 Å². The summed E-state index contributed by atoms with van der Waals surface area (Å²) in [5.41, 5.74) is 3.51. The summed E-state index contributed by atoms with van der Waals surface area (Å²) < 4.78 is 0. The molecular formula is C22H28N2O. The molecule has 3 heteroatoms. The van der Waals surface area contributed by atoms with Crippen molar-refractivity contribution in [3.63, 3.8) is 0 Å². The molecule has 1 aliphatic rings. The molecule has 0 atom stereocenters. The highest BCUT2D eigenvalue weighted by Crippen LogP contribution is 2.23. The van der Waals surface area contributed by atoms with Crippen molar-refractivity contribution in [3.05, 3.63) is 71.3 Å². The summed E-state index contributed by atoms with van der Waals surface area (Å²) in [6, 6.07) is 18.9. The highest BCUT2D eigenvalue weighted by Gasteiger charge is 2.19. The van der Waals surface area contributed by atoms with E-state index in [1.807, 2.05) is 12.1 Å². The highest BCUT2D eigenvalue weighted by atomic mass is 16.2. The minimum atomic E-state index is 0.0632. The Labute approximate surface area is 151 Å². The first kappa shape index (κ1) is 17.7. The van der Waals surface area contributed by atoms with Crippen LogP contribution in [0.1, 0.15) is 34.3 Å². The molecule has 0 unspecified atom stereocenters. The van der Waals surface area contributed by atoms with Crippen LogP contribution >= 0.6 is 0 Å². The minimum Gasteiger partial charge on any atom is -0.345 e. The predicted molar refractivity (Wildman–Crippen MR) is 103 cm³/mol. The van der Waals surface area contributed by atoms with E-state index in [1.165, 1.54) is 30.4 Å². The van der Waals surface area contributed by atoms with E-state index in [1.54, 1.807) is 19.0 Å². The summed E-state index contributed by atoms with van der Waals surface area (Å²) in [6.45, 7) is 3.31. The van der Waals surface area contributed by atoms with E-state index in [0.717, 1.165) is 31.1 Å². The third kappa shape index (κ3) is 4.93. The lowest BCUT2D eigenvalue weighted by Crippen LogP contribution is -2.33. The fourth-order valence-electron chi connectivity index (χ4n) is 3.57. The molecule has 1 amide bonds. The van der Waals surface area contributed by atoms with Crippen molar-refractivity contribution in [3.8, 4) is 0 Å². The lowest BCUT2D eigenvalue weighted by Gasteiger charge is -2.32. The van der Waals surface area contributed by atoms with E-state index in [9.17, 15) is 4.79 Å². The summed E-state index contributed by atoms with van der Waals surface area (Å²) >= 11 is 0. The summed E-state index contributed by atoms with van der Waals surface area (Å²) in [5, 5.41) is 0. The van der Waals surface area contributed by atoms with Crippen LogP contribution in [-0.2, 0) is 13.0 Å². The normalized spacial score (nSPS) is 15.9. The van der Waals surface area contributed by atoms with Crippen molar-refractivity contribution < 1.29 is 4.79 Å². The van der Waals surface area contributed by atoms with Gasteiger partial charge >= 0.3 is 0 Å². The highest BCUT2D eigenvalue weighted by molar-refractivity contribution is 5.93. The Hall–Kier alpha value is -2.13. The number of carbonyl (C=O) groups is 1. The van der Waals surface area contributed by atoms with Gasteiger partial charge in [-0.15, -0.1) is 0 Å². The molecule has 0 aliphatic carbocycles. The molecule has 1 heterocycles. The molecule has 0 saturated carbocycles. The topological polar surface area (TPSA) is 23.6 Å². The second-order valence-electron chi connectivity index (χ2n) is 7.31. The van der Waals surface area contributed by atoms with Crippen molar-refractivity contribution in [2.24, 2.45) is 5.92 Å². The monoisotopic (exact) mass is 336 g/mol. The van der Waals surface area contributed by atoms with E-state index in [0.29, 0.717) is 0 Å². The maximum atomic E-state index is 11.9. The molecule has 2 aromatic rings. The molecule has 3 rings (SSSR count). The van der Waals surface area contributed by atoms with Crippen LogP contribution in [0.5, 0.6) is 0 Å². The number of hydrogen-bond acceptors (Lipinski definition) is 2. The van der Waals surface area contributed by atoms with E-state index < -0.39 is 0 Å². The van der Waals surface area contributed by atoms with Gasteiger partial charge in [0.1, 0.15) is 0 Å². The van der Waals surface area contributed by atoms with Crippen molar-refractivity contribution in [2.45, 2.75) is 25.8 Å². The maximum absolute atomic E-state index is 11.9. The van der Waals surface area contributed by atoms with E-state index in [4.69, 9.17) is 0 Å². The van der Waals surface area contributed by atoms with Gasteiger partial charge in [0.2, 0.25) is 0 Å². The van der Waals surface area contributed by atoms with E-state index in [-0.39, 0.29) is 5.91 Å². The molecule has 0 aromatic heterocycles. The maximum Gasteiger partial charge on any atom is 0.253 e. The fraction of sp³-hybridized carbons (Fsp3) is 0.409. The number of amides is 1. The van der Waals surface area contributed by atoms with Gasteiger partial charge in [-0.25, -0.2) is 0 Å².